The van der Waals surface area contributed by atoms with Gasteiger partial charge >= 0.3 is 0 Å². The summed E-state index contributed by atoms with van der Waals surface area (Å²) in [4.78, 5) is 17.6. The Morgan fingerprint density at radius 2 is 1.58 bits per heavy atom. The molecule has 4 fully saturated rings. The van der Waals surface area contributed by atoms with Crippen molar-refractivity contribution in [1.29, 1.82) is 0 Å². The van der Waals surface area contributed by atoms with Crippen molar-refractivity contribution in [2.75, 3.05) is 26.2 Å². The number of fused-ring (bicyclic) bond motifs is 2. The molecule has 140 valence electrons. The van der Waals surface area contributed by atoms with Crippen molar-refractivity contribution >= 4 is 30.7 Å². The average molecular weight is 378 g/mol. The summed E-state index contributed by atoms with van der Waals surface area (Å²) in [6.07, 6.45) is 11.1. The van der Waals surface area contributed by atoms with Crippen molar-refractivity contribution in [1.82, 2.24) is 15.1 Å². The molecule has 0 radical (unpaired) electrons. The van der Waals surface area contributed by atoms with E-state index in [4.69, 9.17) is 0 Å². The van der Waals surface area contributed by atoms with Gasteiger partial charge in [0.2, 0.25) is 5.91 Å². The number of likely N-dealkylation sites (tertiary alicyclic amines) is 2. The third-order valence-electron chi connectivity index (χ3n) is 6.44. The molecule has 0 aromatic rings. The Morgan fingerprint density at radius 1 is 0.917 bits per heavy atom. The summed E-state index contributed by atoms with van der Waals surface area (Å²) < 4.78 is 0. The monoisotopic (exact) mass is 377 g/mol. The van der Waals surface area contributed by atoms with E-state index in [1.807, 2.05) is 0 Å². The molecule has 0 spiro atoms. The number of nitrogens with zero attached hydrogens (tertiary/aromatic N) is 2. The number of carbonyl (C=O) groups is 1. The van der Waals surface area contributed by atoms with Gasteiger partial charge in [-0.15, -0.1) is 24.8 Å². The highest BCUT2D eigenvalue weighted by Crippen LogP contribution is 2.33. The molecule has 0 aromatic carbocycles. The lowest BCUT2D eigenvalue weighted by molar-refractivity contribution is -0.134. The van der Waals surface area contributed by atoms with E-state index in [9.17, 15) is 4.79 Å². The number of piperidine rings is 2. The molecule has 3 atom stereocenters. The first-order valence-electron chi connectivity index (χ1n) is 9.56. The Balaban J connectivity index is 0.00000104. The SMILES string of the molecule is Cl.Cl.O=C(CC1CC2CCC(C1)N2)N1CCCC(N2CCCC2)C1. The van der Waals surface area contributed by atoms with E-state index in [-0.39, 0.29) is 24.8 Å². The predicted octanol–water partition coefficient (Wildman–Crippen LogP) is 2.84. The number of carbonyl (C=O) groups excluding carboxylic acids is 1. The molecule has 4 nitrogen and oxygen atoms in total. The number of hydrogen-bond acceptors (Lipinski definition) is 3. The molecule has 2 bridgehead atoms. The molecule has 0 aliphatic carbocycles. The maximum atomic E-state index is 12.7. The summed E-state index contributed by atoms with van der Waals surface area (Å²) in [7, 11) is 0. The van der Waals surface area contributed by atoms with Gasteiger partial charge in [0.05, 0.1) is 0 Å². The zero-order valence-corrected chi connectivity index (χ0v) is 16.3. The van der Waals surface area contributed by atoms with Crippen molar-refractivity contribution in [3.8, 4) is 0 Å². The van der Waals surface area contributed by atoms with E-state index in [2.05, 4.69) is 15.1 Å². The maximum Gasteiger partial charge on any atom is 0.222 e. The van der Waals surface area contributed by atoms with E-state index in [0.717, 1.165) is 19.5 Å². The minimum Gasteiger partial charge on any atom is -0.341 e. The minimum absolute atomic E-state index is 0. The second-order valence-electron chi connectivity index (χ2n) is 8.06. The van der Waals surface area contributed by atoms with Gasteiger partial charge in [0.15, 0.2) is 0 Å². The van der Waals surface area contributed by atoms with Crippen LogP contribution in [0.4, 0.5) is 0 Å². The summed E-state index contributed by atoms with van der Waals surface area (Å²) in [5.41, 5.74) is 0. The smallest absolute Gasteiger partial charge is 0.222 e. The first-order valence-corrected chi connectivity index (χ1v) is 9.56. The lowest BCUT2D eigenvalue weighted by Gasteiger charge is -2.38. The molecule has 1 amide bonds. The van der Waals surface area contributed by atoms with Gasteiger partial charge in [-0.3, -0.25) is 9.69 Å². The van der Waals surface area contributed by atoms with Gasteiger partial charge in [-0.05, 0) is 70.4 Å². The Bertz CT molecular complexity index is 405. The van der Waals surface area contributed by atoms with Crippen LogP contribution in [0.3, 0.4) is 0 Å². The van der Waals surface area contributed by atoms with Crippen LogP contribution in [-0.2, 0) is 4.79 Å². The van der Waals surface area contributed by atoms with Crippen LogP contribution in [0.15, 0.2) is 0 Å². The van der Waals surface area contributed by atoms with E-state index in [1.54, 1.807) is 0 Å². The molecular weight excluding hydrogens is 345 g/mol. The third-order valence-corrected chi connectivity index (χ3v) is 6.44. The predicted molar refractivity (Wildman–Crippen MR) is 102 cm³/mol. The van der Waals surface area contributed by atoms with Crippen LogP contribution in [0.2, 0.25) is 0 Å². The second kappa shape index (κ2) is 9.07. The van der Waals surface area contributed by atoms with E-state index in [0.29, 0.717) is 30.0 Å². The van der Waals surface area contributed by atoms with Crippen LogP contribution in [0, 0.1) is 5.92 Å². The lowest BCUT2D eigenvalue weighted by Crippen LogP contribution is -2.49. The molecule has 24 heavy (non-hydrogen) atoms. The molecule has 0 saturated carbocycles. The molecule has 1 N–H and O–H groups in total. The second-order valence-corrected chi connectivity index (χ2v) is 8.06. The van der Waals surface area contributed by atoms with Crippen LogP contribution in [-0.4, -0.2) is 60.0 Å². The number of rotatable bonds is 3. The Kier molecular flexibility index (Phi) is 7.66. The highest BCUT2D eigenvalue weighted by atomic mass is 35.5. The first kappa shape index (κ1) is 20.3. The van der Waals surface area contributed by atoms with Gasteiger partial charge in [-0.2, -0.15) is 0 Å². The molecule has 4 heterocycles. The molecule has 4 aliphatic rings. The van der Waals surface area contributed by atoms with Gasteiger partial charge in [-0.25, -0.2) is 0 Å². The summed E-state index contributed by atoms with van der Waals surface area (Å²) in [5.74, 6) is 1.08. The molecule has 4 rings (SSSR count). The van der Waals surface area contributed by atoms with Gasteiger partial charge in [0, 0.05) is 37.6 Å². The summed E-state index contributed by atoms with van der Waals surface area (Å²) in [5, 5.41) is 3.69. The van der Waals surface area contributed by atoms with E-state index < -0.39 is 0 Å². The average Bonchev–Trinajstić information content (AvgIpc) is 3.17. The maximum absolute atomic E-state index is 12.7. The van der Waals surface area contributed by atoms with Gasteiger partial charge in [0.1, 0.15) is 0 Å². The van der Waals surface area contributed by atoms with Crippen LogP contribution < -0.4 is 5.32 Å². The zero-order chi connectivity index (χ0) is 14.9. The number of amides is 1. The quantitative estimate of drug-likeness (QED) is 0.820. The van der Waals surface area contributed by atoms with E-state index in [1.165, 1.54) is 64.5 Å². The third kappa shape index (κ3) is 4.57. The van der Waals surface area contributed by atoms with Crippen molar-refractivity contribution in [3.63, 3.8) is 0 Å². The molecule has 6 heteroatoms. The minimum atomic E-state index is 0. The van der Waals surface area contributed by atoms with Crippen molar-refractivity contribution in [2.45, 2.75) is 75.9 Å². The highest BCUT2D eigenvalue weighted by molar-refractivity contribution is 5.85. The Morgan fingerprint density at radius 3 is 2.25 bits per heavy atom. The summed E-state index contributed by atoms with van der Waals surface area (Å²) in [6, 6.07) is 2.05. The zero-order valence-electron chi connectivity index (χ0n) is 14.6. The van der Waals surface area contributed by atoms with Crippen molar-refractivity contribution in [2.24, 2.45) is 5.92 Å². The van der Waals surface area contributed by atoms with Gasteiger partial charge < -0.3 is 10.2 Å². The molecule has 0 aromatic heterocycles. The standard InChI is InChI=1S/C18H31N3O.2ClH/c22-18(12-14-10-15-5-6-16(11-14)19-15)21-9-3-4-17(13-21)20-7-1-2-8-20;;/h14-17,19H,1-13H2;2*1H. The number of halogens is 2. The van der Waals surface area contributed by atoms with E-state index >= 15 is 0 Å². The molecular formula is C18H33Cl2N3O. The normalized spacial score (nSPS) is 36.1. The fourth-order valence-corrected chi connectivity index (χ4v) is 5.30. The largest absolute Gasteiger partial charge is 0.341 e. The topological polar surface area (TPSA) is 35.6 Å². The van der Waals surface area contributed by atoms with Crippen LogP contribution >= 0.6 is 24.8 Å². The Labute approximate surface area is 158 Å². The molecule has 4 aliphatic heterocycles. The van der Waals surface area contributed by atoms with Crippen LogP contribution in [0.1, 0.15) is 57.8 Å². The molecule has 4 saturated heterocycles. The van der Waals surface area contributed by atoms with Gasteiger partial charge in [-0.1, -0.05) is 0 Å². The summed E-state index contributed by atoms with van der Waals surface area (Å²) >= 11 is 0. The lowest BCUT2D eigenvalue weighted by atomic mass is 9.89. The van der Waals surface area contributed by atoms with Crippen LogP contribution in [0.5, 0.6) is 0 Å². The van der Waals surface area contributed by atoms with Crippen LogP contribution in [0.25, 0.3) is 0 Å². The molecule has 3 unspecified atom stereocenters. The van der Waals surface area contributed by atoms with Crippen molar-refractivity contribution in [3.05, 3.63) is 0 Å². The van der Waals surface area contributed by atoms with Crippen molar-refractivity contribution < 1.29 is 4.79 Å². The highest BCUT2D eigenvalue weighted by Gasteiger charge is 2.36. The summed E-state index contributed by atoms with van der Waals surface area (Å²) in [6.45, 7) is 4.51. The number of nitrogens with one attached hydrogen (secondary N) is 1. The first-order chi connectivity index (χ1) is 10.8. The Hall–Kier alpha value is -0.0300. The fourth-order valence-electron chi connectivity index (χ4n) is 5.30. The number of hydrogen-bond donors (Lipinski definition) is 1. The van der Waals surface area contributed by atoms with Gasteiger partial charge in [0.25, 0.3) is 0 Å². The fraction of sp³-hybridized carbons (Fsp3) is 0.944.